The average molecular weight is 443 g/mol. The molecular weight excluding hydrogens is 404 g/mol. The molecule has 0 spiro atoms. The smallest absolute Gasteiger partial charge is 0.328 e. The predicted octanol–water partition coefficient (Wildman–Crippen LogP) is 4.45. The molecule has 6 nitrogen and oxygen atoms in total. The Morgan fingerprint density at radius 2 is 1.50 bits per heavy atom. The zero-order chi connectivity index (χ0) is 23.3. The maximum absolute atomic E-state index is 12.6. The van der Waals surface area contributed by atoms with Crippen LogP contribution in [0.25, 0.3) is 0 Å². The van der Waals surface area contributed by atoms with Crippen molar-refractivity contribution in [3.63, 3.8) is 0 Å². The molecule has 0 aliphatic carbocycles. The lowest BCUT2D eigenvalue weighted by molar-refractivity contribution is -0.141. The fraction of sp³-hybridized carbons (Fsp3) is 0.577. The van der Waals surface area contributed by atoms with Gasteiger partial charge in [-0.05, 0) is 18.4 Å². The summed E-state index contributed by atoms with van der Waals surface area (Å²) in [6.07, 6.45) is 9.11. The highest BCUT2D eigenvalue weighted by molar-refractivity contribution is 5.84. The summed E-state index contributed by atoms with van der Waals surface area (Å²) >= 11 is 0. The first-order valence-electron chi connectivity index (χ1n) is 12.0. The highest BCUT2D eigenvalue weighted by Gasteiger charge is 2.30. The van der Waals surface area contributed by atoms with Gasteiger partial charge < -0.3 is 15.0 Å². The van der Waals surface area contributed by atoms with Crippen LogP contribution in [0, 0.1) is 0 Å². The number of carbonyl (C=O) groups excluding carboxylic acids is 1. The van der Waals surface area contributed by atoms with E-state index >= 15 is 0 Å². The molecule has 1 atom stereocenters. The van der Waals surface area contributed by atoms with Crippen LogP contribution in [-0.2, 0) is 16.0 Å². The number of nitrogens with zero attached hydrogens (tertiary/aromatic N) is 1. The molecule has 0 aromatic heterocycles. The highest BCUT2D eigenvalue weighted by atomic mass is 16.5. The second kappa shape index (κ2) is 13.7. The van der Waals surface area contributed by atoms with Crippen LogP contribution in [0.4, 0.5) is 11.4 Å². The molecular formula is C26H38N2O4. The van der Waals surface area contributed by atoms with Crippen LogP contribution in [0.5, 0.6) is 0 Å². The monoisotopic (exact) mass is 442 g/mol. The highest BCUT2D eigenvalue weighted by Crippen LogP contribution is 2.24. The third-order valence-corrected chi connectivity index (χ3v) is 5.85. The van der Waals surface area contributed by atoms with Crippen LogP contribution in [0.3, 0.4) is 0 Å². The quantitative estimate of drug-likeness (QED) is 0.235. The van der Waals surface area contributed by atoms with Gasteiger partial charge in [0.1, 0.15) is 17.4 Å². The Bertz CT molecular complexity index is 875. The number of rotatable bonds is 16. The minimum absolute atomic E-state index is 0.257. The van der Waals surface area contributed by atoms with E-state index in [0.29, 0.717) is 12.1 Å². The molecule has 32 heavy (non-hydrogen) atoms. The van der Waals surface area contributed by atoms with Gasteiger partial charge in [-0.2, -0.15) is 0 Å². The standard InChI is InChI=1S/C26H38N2O4/c1-4-6-8-13-17-28(18-14-9-7-5-2)23-22(24(29)25(23)30)27-21(26(31)32-3)19-20-15-11-10-12-16-20/h10-12,15-16,21,27H,4-9,13-14,17-19H2,1-3H3. The molecule has 2 aromatic carbocycles. The van der Waals surface area contributed by atoms with Crippen molar-refractivity contribution < 1.29 is 9.53 Å². The molecule has 0 aliphatic heterocycles. The average Bonchev–Trinajstić information content (AvgIpc) is 2.82. The van der Waals surface area contributed by atoms with Crippen LogP contribution in [0.2, 0.25) is 0 Å². The van der Waals surface area contributed by atoms with E-state index in [1.165, 1.54) is 7.11 Å². The number of benzene rings is 1. The summed E-state index contributed by atoms with van der Waals surface area (Å²) in [6.45, 7) is 5.82. The number of nitrogens with one attached hydrogen (secondary N) is 1. The van der Waals surface area contributed by atoms with Crippen molar-refractivity contribution in [3.8, 4) is 0 Å². The zero-order valence-electron chi connectivity index (χ0n) is 19.8. The van der Waals surface area contributed by atoms with Crippen molar-refractivity contribution in [2.24, 2.45) is 0 Å². The molecule has 0 fully saturated rings. The van der Waals surface area contributed by atoms with Crippen molar-refractivity contribution >= 4 is 17.3 Å². The molecule has 0 heterocycles. The Balaban J connectivity index is 2.20. The first-order chi connectivity index (χ1) is 15.5. The predicted molar refractivity (Wildman–Crippen MR) is 131 cm³/mol. The van der Waals surface area contributed by atoms with Crippen molar-refractivity contribution in [1.82, 2.24) is 0 Å². The Morgan fingerprint density at radius 1 is 0.906 bits per heavy atom. The van der Waals surface area contributed by atoms with E-state index in [2.05, 4.69) is 19.2 Å². The first kappa shape index (κ1) is 25.6. The summed E-state index contributed by atoms with van der Waals surface area (Å²) in [4.78, 5) is 39.5. The molecule has 176 valence electrons. The largest absolute Gasteiger partial charge is 0.467 e. The van der Waals surface area contributed by atoms with Gasteiger partial charge in [-0.15, -0.1) is 0 Å². The Kier molecular flexibility index (Phi) is 11.0. The molecule has 2 aromatic rings. The summed E-state index contributed by atoms with van der Waals surface area (Å²) in [6, 6.07) is 8.84. The van der Waals surface area contributed by atoms with E-state index in [9.17, 15) is 14.4 Å². The van der Waals surface area contributed by atoms with Crippen LogP contribution in [-0.4, -0.2) is 32.2 Å². The minimum atomic E-state index is -0.730. The fourth-order valence-corrected chi connectivity index (χ4v) is 3.97. The van der Waals surface area contributed by atoms with Gasteiger partial charge in [-0.3, -0.25) is 9.59 Å². The molecule has 0 bridgehead atoms. The zero-order valence-corrected chi connectivity index (χ0v) is 19.8. The lowest BCUT2D eigenvalue weighted by Gasteiger charge is -2.29. The lowest BCUT2D eigenvalue weighted by Crippen LogP contribution is -2.46. The van der Waals surface area contributed by atoms with Crippen molar-refractivity contribution in [2.75, 3.05) is 30.4 Å². The molecule has 0 saturated heterocycles. The summed E-state index contributed by atoms with van der Waals surface area (Å²) in [5, 5.41) is 3.06. The second-order valence-corrected chi connectivity index (χ2v) is 8.40. The summed E-state index contributed by atoms with van der Waals surface area (Å²) in [7, 11) is 1.33. The van der Waals surface area contributed by atoms with E-state index in [-0.39, 0.29) is 5.69 Å². The van der Waals surface area contributed by atoms with Crippen molar-refractivity contribution in [3.05, 3.63) is 56.3 Å². The Labute approximate surface area is 191 Å². The molecule has 1 unspecified atom stereocenters. The summed E-state index contributed by atoms with van der Waals surface area (Å²) < 4.78 is 4.96. The summed E-state index contributed by atoms with van der Waals surface area (Å²) in [5.74, 6) is -0.453. The molecule has 0 radical (unpaired) electrons. The maximum atomic E-state index is 12.6. The Hall–Kier alpha value is -2.63. The van der Waals surface area contributed by atoms with Crippen LogP contribution in [0.15, 0.2) is 39.9 Å². The normalized spacial score (nSPS) is 12.0. The lowest BCUT2D eigenvalue weighted by atomic mass is 10.0. The number of anilines is 2. The number of esters is 1. The van der Waals surface area contributed by atoms with Crippen LogP contribution >= 0.6 is 0 Å². The Morgan fingerprint density at radius 3 is 2.03 bits per heavy atom. The van der Waals surface area contributed by atoms with E-state index in [0.717, 1.165) is 70.0 Å². The van der Waals surface area contributed by atoms with Gasteiger partial charge in [-0.25, -0.2) is 4.79 Å². The first-order valence-corrected chi connectivity index (χ1v) is 12.0. The summed E-state index contributed by atoms with van der Waals surface area (Å²) in [5.41, 5.74) is 0.639. The number of carbonyl (C=O) groups is 1. The second-order valence-electron chi connectivity index (χ2n) is 8.40. The number of unbranched alkanes of at least 4 members (excludes halogenated alkanes) is 6. The van der Waals surface area contributed by atoms with Crippen LogP contribution < -0.4 is 21.1 Å². The van der Waals surface area contributed by atoms with Gasteiger partial charge in [0.2, 0.25) is 0 Å². The molecule has 6 heteroatoms. The van der Waals surface area contributed by atoms with Gasteiger partial charge in [0.05, 0.1) is 7.11 Å². The van der Waals surface area contributed by atoms with Gasteiger partial charge in [0.15, 0.2) is 0 Å². The third kappa shape index (κ3) is 7.21. The van der Waals surface area contributed by atoms with Gasteiger partial charge in [-0.1, -0.05) is 82.7 Å². The van der Waals surface area contributed by atoms with Crippen molar-refractivity contribution in [1.29, 1.82) is 0 Å². The molecule has 0 aliphatic rings. The van der Waals surface area contributed by atoms with Gasteiger partial charge in [0.25, 0.3) is 10.9 Å². The topological polar surface area (TPSA) is 75.7 Å². The van der Waals surface area contributed by atoms with E-state index in [1.807, 2.05) is 35.2 Å². The molecule has 1 N–H and O–H groups in total. The number of ether oxygens (including phenoxy) is 1. The SMILES string of the molecule is CCCCCCN(CCCCCC)c1c(NC(Cc2ccccc2)C(=O)OC)c(=O)c1=O. The minimum Gasteiger partial charge on any atom is -0.467 e. The number of hydrogen-bond acceptors (Lipinski definition) is 6. The van der Waals surface area contributed by atoms with Gasteiger partial charge >= 0.3 is 5.97 Å². The molecule has 0 amide bonds. The van der Waals surface area contributed by atoms with Crippen LogP contribution in [0.1, 0.15) is 70.8 Å². The van der Waals surface area contributed by atoms with E-state index in [1.54, 1.807) is 0 Å². The number of hydrogen-bond donors (Lipinski definition) is 1. The van der Waals surface area contributed by atoms with E-state index < -0.39 is 22.9 Å². The third-order valence-electron chi connectivity index (χ3n) is 5.85. The van der Waals surface area contributed by atoms with Crippen molar-refractivity contribution in [2.45, 2.75) is 77.7 Å². The maximum Gasteiger partial charge on any atom is 0.328 e. The molecule has 0 saturated carbocycles. The molecule has 2 rings (SSSR count). The fourth-order valence-electron chi connectivity index (χ4n) is 3.97. The number of methoxy groups -OCH3 is 1. The van der Waals surface area contributed by atoms with E-state index in [4.69, 9.17) is 4.74 Å². The van der Waals surface area contributed by atoms with Gasteiger partial charge in [0, 0.05) is 19.5 Å².